The quantitative estimate of drug-likeness (QED) is 0.328. The van der Waals surface area contributed by atoms with E-state index in [9.17, 15) is 14.4 Å². The zero-order valence-corrected chi connectivity index (χ0v) is 19.5. The molecule has 0 bridgehead atoms. The van der Waals surface area contributed by atoms with Gasteiger partial charge in [0.15, 0.2) is 22.7 Å². The molecular weight excluding hydrogens is 500 g/mol. The molecule has 0 unspecified atom stereocenters. The monoisotopic (exact) mass is 518 g/mol. The lowest BCUT2D eigenvalue weighted by atomic mass is 10.1. The van der Waals surface area contributed by atoms with Gasteiger partial charge in [0.1, 0.15) is 5.57 Å². The highest BCUT2D eigenvalue weighted by atomic mass is 79.9. The molecule has 10 heteroatoms. The summed E-state index contributed by atoms with van der Waals surface area (Å²) in [5.74, 6) is -1.79. The summed E-state index contributed by atoms with van der Waals surface area (Å²) in [7, 11) is 0. The van der Waals surface area contributed by atoms with Crippen molar-refractivity contribution in [3.8, 4) is 11.5 Å². The number of hydrogen-bond donors (Lipinski definition) is 2. The minimum absolute atomic E-state index is 0.0170. The number of carbonyl (C=O) groups is 3. The van der Waals surface area contributed by atoms with E-state index >= 15 is 0 Å². The molecule has 32 heavy (non-hydrogen) atoms. The Bertz CT molecular complexity index is 1130. The second-order valence-electron chi connectivity index (χ2n) is 6.68. The molecule has 1 heterocycles. The van der Waals surface area contributed by atoms with Crippen LogP contribution in [0.15, 0.2) is 52.5 Å². The van der Waals surface area contributed by atoms with Gasteiger partial charge in [-0.3, -0.25) is 19.8 Å². The van der Waals surface area contributed by atoms with Gasteiger partial charge in [0.05, 0.1) is 12.3 Å². The van der Waals surface area contributed by atoms with E-state index in [0.717, 1.165) is 4.47 Å². The van der Waals surface area contributed by atoms with Crippen LogP contribution in [0, 0.1) is 0 Å². The van der Waals surface area contributed by atoms with Crippen LogP contribution in [0.1, 0.15) is 19.4 Å². The minimum atomic E-state index is -1.12. The smallest absolute Gasteiger partial charge is 0.344 e. The second kappa shape index (κ2) is 9.92. The van der Waals surface area contributed by atoms with Gasteiger partial charge in [-0.25, -0.2) is 4.79 Å². The van der Waals surface area contributed by atoms with Gasteiger partial charge in [0.2, 0.25) is 0 Å². The lowest BCUT2D eigenvalue weighted by molar-refractivity contribution is -0.144. The maximum absolute atomic E-state index is 13.1. The zero-order valence-electron chi connectivity index (χ0n) is 17.1. The largest absolute Gasteiger partial charge is 0.490 e. The maximum atomic E-state index is 13.1. The van der Waals surface area contributed by atoms with Crippen LogP contribution in [0.5, 0.6) is 11.5 Å². The normalized spacial score (nSPS) is 16.0. The van der Waals surface area contributed by atoms with Gasteiger partial charge >= 0.3 is 5.97 Å². The molecule has 2 amide bonds. The summed E-state index contributed by atoms with van der Waals surface area (Å²) in [5, 5.41) is 11.6. The van der Waals surface area contributed by atoms with Crippen molar-refractivity contribution in [1.82, 2.24) is 5.32 Å². The summed E-state index contributed by atoms with van der Waals surface area (Å²) in [6, 6.07) is 11.7. The number of nitrogens with one attached hydrogen (secondary N) is 1. The van der Waals surface area contributed by atoms with Crippen LogP contribution < -0.4 is 19.7 Å². The number of carbonyl (C=O) groups excluding carboxylic acids is 2. The summed E-state index contributed by atoms with van der Waals surface area (Å²) in [4.78, 5) is 38.0. The third-order valence-electron chi connectivity index (χ3n) is 4.40. The van der Waals surface area contributed by atoms with Gasteiger partial charge in [0, 0.05) is 4.47 Å². The molecule has 1 saturated heterocycles. The molecule has 2 N–H and O–H groups in total. The Morgan fingerprint density at radius 1 is 1.25 bits per heavy atom. The molecule has 0 spiro atoms. The molecule has 1 aliphatic rings. The summed E-state index contributed by atoms with van der Waals surface area (Å²) < 4.78 is 11.7. The molecule has 0 radical (unpaired) electrons. The number of ether oxygens (including phenoxy) is 2. The van der Waals surface area contributed by atoms with E-state index in [1.54, 1.807) is 43.3 Å². The van der Waals surface area contributed by atoms with E-state index in [4.69, 9.17) is 26.8 Å². The Labute approximate surface area is 197 Å². The predicted octanol–water partition coefficient (Wildman–Crippen LogP) is 3.53. The second-order valence-corrected chi connectivity index (χ2v) is 7.98. The number of rotatable bonds is 7. The van der Waals surface area contributed by atoms with Gasteiger partial charge in [-0.15, -0.1) is 0 Å². The van der Waals surface area contributed by atoms with Gasteiger partial charge in [0.25, 0.3) is 11.8 Å². The number of nitrogens with zero attached hydrogens (tertiary/aromatic N) is 1. The summed E-state index contributed by atoms with van der Waals surface area (Å²) in [6.07, 6.45) is 0.334. The SMILES string of the molecule is CCOc1cc(/C=C2/C(=O)NC(=S)N(c3cccc(Br)c3)C2=O)ccc1O[C@H](C)C(=O)O. The van der Waals surface area contributed by atoms with Crippen LogP contribution in [-0.2, 0) is 14.4 Å². The topological polar surface area (TPSA) is 105 Å². The average molecular weight is 519 g/mol. The molecule has 0 saturated carbocycles. The summed E-state index contributed by atoms with van der Waals surface area (Å²) in [5.41, 5.74) is 0.875. The number of thiocarbonyl (C=S) groups is 1. The standard InChI is InChI=1S/C22H19BrN2O6S/c1-3-30-18-10-13(7-8-17(18)31-12(2)21(28)29)9-16-19(26)24-22(32)25(20(16)27)15-6-4-5-14(23)11-15/h4-12H,3H2,1-2H3,(H,28,29)(H,24,26,32)/b16-9-/t12-/m1/s1. The van der Waals surface area contributed by atoms with Crippen molar-refractivity contribution < 1.29 is 29.0 Å². The first-order valence-electron chi connectivity index (χ1n) is 9.54. The molecule has 8 nitrogen and oxygen atoms in total. The van der Waals surface area contributed by atoms with Crippen LogP contribution in [0.25, 0.3) is 6.08 Å². The molecule has 1 fully saturated rings. The Kier molecular flexibility index (Phi) is 7.26. The van der Waals surface area contributed by atoms with Gasteiger partial charge in [-0.05, 0) is 68.0 Å². The lowest BCUT2D eigenvalue weighted by Crippen LogP contribution is -2.54. The molecule has 2 aromatic rings. The van der Waals surface area contributed by atoms with Crippen LogP contribution in [-0.4, -0.2) is 40.7 Å². The zero-order chi connectivity index (χ0) is 23.4. The molecule has 1 aliphatic heterocycles. The highest BCUT2D eigenvalue weighted by Gasteiger charge is 2.34. The molecule has 166 valence electrons. The van der Waals surface area contributed by atoms with Gasteiger partial charge in [-0.2, -0.15) is 0 Å². The van der Waals surface area contributed by atoms with Crippen LogP contribution in [0.3, 0.4) is 0 Å². The van der Waals surface area contributed by atoms with Crippen LogP contribution in [0.2, 0.25) is 0 Å². The van der Waals surface area contributed by atoms with E-state index in [1.807, 2.05) is 0 Å². The van der Waals surface area contributed by atoms with Crippen LogP contribution in [0.4, 0.5) is 5.69 Å². The Balaban J connectivity index is 1.97. The van der Waals surface area contributed by atoms with Crippen molar-refractivity contribution in [3.63, 3.8) is 0 Å². The van der Waals surface area contributed by atoms with Crippen molar-refractivity contribution in [1.29, 1.82) is 0 Å². The number of anilines is 1. The Morgan fingerprint density at radius 2 is 2.00 bits per heavy atom. The average Bonchev–Trinajstić information content (AvgIpc) is 2.73. The molecule has 3 rings (SSSR count). The van der Waals surface area contributed by atoms with Crippen molar-refractivity contribution in [3.05, 3.63) is 58.1 Å². The number of benzene rings is 2. The van der Waals surface area contributed by atoms with Crippen molar-refractivity contribution in [2.24, 2.45) is 0 Å². The Morgan fingerprint density at radius 3 is 2.66 bits per heavy atom. The number of carboxylic acids is 1. The lowest BCUT2D eigenvalue weighted by Gasteiger charge is -2.29. The fourth-order valence-corrected chi connectivity index (χ4v) is 3.56. The number of amides is 2. The molecule has 0 aromatic heterocycles. The molecule has 0 aliphatic carbocycles. The van der Waals surface area contributed by atoms with Crippen LogP contribution >= 0.6 is 28.1 Å². The van der Waals surface area contributed by atoms with E-state index in [0.29, 0.717) is 17.9 Å². The first-order valence-corrected chi connectivity index (χ1v) is 10.7. The van der Waals surface area contributed by atoms with Crippen molar-refractivity contribution in [2.45, 2.75) is 20.0 Å². The van der Waals surface area contributed by atoms with E-state index in [1.165, 1.54) is 24.0 Å². The van der Waals surface area contributed by atoms with Gasteiger partial charge < -0.3 is 14.6 Å². The van der Waals surface area contributed by atoms with Gasteiger partial charge in [-0.1, -0.05) is 28.1 Å². The number of hydrogen-bond acceptors (Lipinski definition) is 6. The fourth-order valence-electron chi connectivity index (χ4n) is 2.89. The third kappa shape index (κ3) is 5.14. The van der Waals surface area contributed by atoms with E-state index in [-0.39, 0.29) is 22.2 Å². The summed E-state index contributed by atoms with van der Waals surface area (Å²) >= 11 is 8.56. The molecular formula is C22H19BrN2O6S. The molecule has 1 atom stereocenters. The first-order chi connectivity index (χ1) is 15.2. The maximum Gasteiger partial charge on any atom is 0.344 e. The predicted molar refractivity (Wildman–Crippen MR) is 126 cm³/mol. The molecule has 2 aromatic carbocycles. The number of carboxylic acid groups (broad SMARTS) is 1. The summed E-state index contributed by atoms with van der Waals surface area (Å²) in [6.45, 7) is 3.48. The van der Waals surface area contributed by atoms with Crippen molar-refractivity contribution >= 4 is 62.8 Å². The van der Waals surface area contributed by atoms with E-state index < -0.39 is 23.9 Å². The van der Waals surface area contributed by atoms with E-state index in [2.05, 4.69) is 21.2 Å². The minimum Gasteiger partial charge on any atom is -0.490 e. The first kappa shape index (κ1) is 23.4. The van der Waals surface area contributed by atoms with Crippen molar-refractivity contribution in [2.75, 3.05) is 11.5 Å². The number of aliphatic carboxylic acids is 1. The fraction of sp³-hybridized carbons (Fsp3) is 0.182. The number of halogens is 1. The highest BCUT2D eigenvalue weighted by Crippen LogP contribution is 2.31. The Hall–Kier alpha value is -3.24. The highest BCUT2D eigenvalue weighted by molar-refractivity contribution is 9.10. The third-order valence-corrected chi connectivity index (χ3v) is 5.18.